The van der Waals surface area contributed by atoms with Crippen LogP contribution in [0.15, 0.2) is 24.3 Å². The Bertz CT molecular complexity index is 842. The Morgan fingerprint density at radius 3 is 2.52 bits per heavy atom. The minimum absolute atomic E-state index is 0.0264. The molecule has 0 aliphatic carbocycles. The first-order valence-corrected chi connectivity index (χ1v) is 11.7. The van der Waals surface area contributed by atoms with Crippen molar-refractivity contribution in [1.29, 1.82) is 0 Å². The van der Waals surface area contributed by atoms with Gasteiger partial charge in [-0.2, -0.15) is 0 Å². The van der Waals surface area contributed by atoms with Crippen LogP contribution in [-0.2, 0) is 19.8 Å². The summed E-state index contributed by atoms with van der Waals surface area (Å²) in [7, 11) is 2.13. The van der Waals surface area contributed by atoms with Crippen molar-refractivity contribution in [3.63, 3.8) is 0 Å². The van der Waals surface area contributed by atoms with Crippen molar-refractivity contribution in [2.45, 2.75) is 70.9 Å². The highest BCUT2D eigenvalue weighted by molar-refractivity contribution is 5.90. The van der Waals surface area contributed by atoms with Crippen molar-refractivity contribution in [3.8, 4) is 5.75 Å². The molecule has 1 aliphatic heterocycles. The molecular weight excluding hydrogens is 424 g/mol. The van der Waals surface area contributed by atoms with E-state index in [9.17, 15) is 24.6 Å². The molecular formula is C25H38N2O6. The molecule has 0 radical (unpaired) electrons. The second-order valence-corrected chi connectivity index (χ2v) is 9.58. The summed E-state index contributed by atoms with van der Waals surface area (Å²) in [5.41, 5.74) is 1.08. The third kappa shape index (κ3) is 6.77. The fraction of sp³-hybridized carbons (Fsp3) is 0.640. The Labute approximate surface area is 196 Å². The zero-order chi connectivity index (χ0) is 24.8. The zero-order valence-electron chi connectivity index (χ0n) is 20.3. The molecule has 1 fully saturated rings. The van der Waals surface area contributed by atoms with Crippen LogP contribution < -0.4 is 10.1 Å². The standard InChI is InChI=1S/C25H38N2O6/c1-6-25(12-7-8-13-27(5)15-25)18-10-9-11-19(14-18)33-24(32)17(4)21(28)22(29)26-20(16(2)3)23(30)31/h9-11,14,16-17,20-21,28H,6-8,12-13,15H2,1-5H3,(H,26,29)(H,30,31). The first-order chi connectivity index (χ1) is 15.5. The highest BCUT2D eigenvalue weighted by Crippen LogP contribution is 2.37. The number of carboxylic acids is 1. The van der Waals surface area contributed by atoms with Crippen molar-refractivity contribution in [2.24, 2.45) is 11.8 Å². The molecule has 1 aromatic carbocycles. The SMILES string of the molecule is CCC1(c2cccc(OC(=O)C(C)C(O)C(=O)NC(C(=O)O)C(C)C)c2)CCCCN(C)C1. The number of hydrogen-bond donors (Lipinski definition) is 3. The van der Waals surface area contributed by atoms with E-state index >= 15 is 0 Å². The number of benzene rings is 1. The fourth-order valence-electron chi connectivity index (χ4n) is 4.45. The van der Waals surface area contributed by atoms with Gasteiger partial charge >= 0.3 is 11.9 Å². The third-order valence-electron chi connectivity index (χ3n) is 6.70. The van der Waals surface area contributed by atoms with E-state index < -0.39 is 35.9 Å². The van der Waals surface area contributed by atoms with E-state index in [1.165, 1.54) is 6.92 Å². The van der Waals surface area contributed by atoms with Crippen molar-refractivity contribution < 1.29 is 29.3 Å². The van der Waals surface area contributed by atoms with Crippen molar-refractivity contribution in [1.82, 2.24) is 10.2 Å². The number of carbonyl (C=O) groups excluding carboxylic acids is 2. The number of rotatable bonds is 9. The van der Waals surface area contributed by atoms with Gasteiger partial charge in [-0.25, -0.2) is 4.79 Å². The van der Waals surface area contributed by atoms with Gasteiger partial charge < -0.3 is 25.2 Å². The zero-order valence-corrected chi connectivity index (χ0v) is 20.3. The van der Waals surface area contributed by atoms with Gasteiger partial charge in [-0.05, 0) is 63.4 Å². The predicted molar refractivity (Wildman–Crippen MR) is 125 cm³/mol. The van der Waals surface area contributed by atoms with E-state index in [1.807, 2.05) is 12.1 Å². The van der Waals surface area contributed by atoms with E-state index in [4.69, 9.17) is 4.74 Å². The summed E-state index contributed by atoms with van der Waals surface area (Å²) in [6.45, 7) is 8.84. The second kappa shape index (κ2) is 11.6. The quantitative estimate of drug-likeness (QED) is 0.381. The van der Waals surface area contributed by atoms with Gasteiger partial charge in [0, 0.05) is 12.0 Å². The Balaban J connectivity index is 2.12. The summed E-state index contributed by atoms with van der Waals surface area (Å²) in [5, 5.41) is 21.9. The van der Waals surface area contributed by atoms with Gasteiger partial charge in [-0.15, -0.1) is 0 Å². The van der Waals surface area contributed by atoms with Crippen LogP contribution in [-0.4, -0.2) is 65.2 Å². The molecule has 1 amide bonds. The number of nitrogens with one attached hydrogen (secondary N) is 1. The van der Waals surface area contributed by atoms with Crippen LogP contribution in [0.3, 0.4) is 0 Å². The number of esters is 1. The van der Waals surface area contributed by atoms with Crippen molar-refractivity contribution in [2.75, 3.05) is 20.1 Å². The summed E-state index contributed by atoms with van der Waals surface area (Å²) in [6, 6.07) is 6.32. The van der Waals surface area contributed by atoms with Crippen molar-refractivity contribution >= 4 is 17.8 Å². The average molecular weight is 463 g/mol. The number of likely N-dealkylation sites (tertiary alicyclic amines) is 1. The molecule has 1 saturated heterocycles. The molecule has 1 aliphatic rings. The number of aliphatic hydroxyl groups excluding tert-OH is 1. The molecule has 1 heterocycles. The first-order valence-electron chi connectivity index (χ1n) is 11.7. The maximum absolute atomic E-state index is 12.7. The van der Waals surface area contributed by atoms with Gasteiger partial charge in [-0.1, -0.05) is 39.3 Å². The first kappa shape index (κ1) is 26.8. The molecule has 8 heteroatoms. The monoisotopic (exact) mass is 462 g/mol. The molecule has 0 saturated carbocycles. The molecule has 3 N–H and O–H groups in total. The summed E-state index contributed by atoms with van der Waals surface area (Å²) in [5.74, 6) is -4.05. The van der Waals surface area contributed by atoms with Crippen LogP contribution in [0.5, 0.6) is 5.75 Å². The number of likely N-dealkylation sites (N-methyl/N-ethyl adjacent to an activating group) is 1. The molecule has 0 bridgehead atoms. The highest BCUT2D eigenvalue weighted by Gasteiger charge is 2.35. The lowest BCUT2D eigenvalue weighted by Crippen LogP contribution is -2.50. The number of carbonyl (C=O) groups is 3. The summed E-state index contributed by atoms with van der Waals surface area (Å²) in [4.78, 5) is 38.6. The van der Waals surface area contributed by atoms with Gasteiger partial charge in [0.2, 0.25) is 5.91 Å². The summed E-state index contributed by atoms with van der Waals surface area (Å²) in [6.07, 6.45) is 2.59. The number of aliphatic carboxylic acids is 1. The maximum atomic E-state index is 12.7. The van der Waals surface area contributed by atoms with E-state index in [1.54, 1.807) is 19.9 Å². The topological polar surface area (TPSA) is 116 Å². The highest BCUT2D eigenvalue weighted by atomic mass is 16.5. The molecule has 0 spiro atoms. The van der Waals surface area contributed by atoms with Gasteiger partial charge in [-0.3, -0.25) is 9.59 Å². The van der Waals surface area contributed by atoms with Crippen LogP contribution in [0.25, 0.3) is 0 Å². The van der Waals surface area contributed by atoms with Gasteiger partial charge in [0.15, 0.2) is 0 Å². The lowest BCUT2D eigenvalue weighted by Gasteiger charge is -2.35. The van der Waals surface area contributed by atoms with Gasteiger partial charge in [0.1, 0.15) is 17.9 Å². The van der Waals surface area contributed by atoms with Gasteiger partial charge in [0.25, 0.3) is 0 Å². The number of hydrogen-bond acceptors (Lipinski definition) is 6. The number of carboxylic acid groups (broad SMARTS) is 1. The fourth-order valence-corrected chi connectivity index (χ4v) is 4.45. The Hall–Kier alpha value is -2.45. The number of amides is 1. The average Bonchev–Trinajstić information content (AvgIpc) is 2.97. The minimum atomic E-state index is -1.72. The molecule has 0 aromatic heterocycles. The van der Waals surface area contributed by atoms with Crippen LogP contribution >= 0.6 is 0 Å². The largest absolute Gasteiger partial charge is 0.480 e. The van der Waals surface area contributed by atoms with E-state index in [-0.39, 0.29) is 11.3 Å². The third-order valence-corrected chi connectivity index (χ3v) is 6.70. The van der Waals surface area contributed by atoms with Crippen LogP contribution in [0.4, 0.5) is 0 Å². The van der Waals surface area contributed by atoms with Gasteiger partial charge in [0.05, 0.1) is 5.92 Å². The van der Waals surface area contributed by atoms with Crippen LogP contribution in [0.1, 0.15) is 58.9 Å². The normalized spacial score (nSPS) is 22.2. The molecule has 4 unspecified atom stereocenters. The Morgan fingerprint density at radius 1 is 1.21 bits per heavy atom. The Kier molecular flexibility index (Phi) is 9.43. The van der Waals surface area contributed by atoms with Crippen molar-refractivity contribution in [3.05, 3.63) is 29.8 Å². The van der Waals surface area contributed by atoms with Crippen LogP contribution in [0.2, 0.25) is 0 Å². The van der Waals surface area contributed by atoms with E-state index in [0.717, 1.165) is 44.3 Å². The number of nitrogens with zero attached hydrogens (tertiary/aromatic N) is 1. The smallest absolute Gasteiger partial charge is 0.326 e. The lowest BCUT2D eigenvalue weighted by molar-refractivity contribution is -0.150. The van der Waals surface area contributed by atoms with E-state index in [2.05, 4.69) is 30.3 Å². The molecule has 4 atom stereocenters. The molecule has 184 valence electrons. The minimum Gasteiger partial charge on any atom is -0.480 e. The molecule has 33 heavy (non-hydrogen) atoms. The van der Waals surface area contributed by atoms with E-state index in [0.29, 0.717) is 5.75 Å². The lowest BCUT2D eigenvalue weighted by atomic mass is 9.74. The number of aliphatic hydroxyl groups is 1. The summed E-state index contributed by atoms with van der Waals surface area (Å²) >= 11 is 0. The summed E-state index contributed by atoms with van der Waals surface area (Å²) < 4.78 is 5.52. The number of ether oxygens (including phenoxy) is 1. The molecule has 1 aromatic rings. The maximum Gasteiger partial charge on any atom is 0.326 e. The predicted octanol–water partition coefficient (Wildman–Crippen LogP) is 2.58. The Morgan fingerprint density at radius 2 is 1.91 bits per heavy atom. The van der Waals surface area contributed by atoms with Crippen LogP contribution in [0, 0.1) is 11.8 Å². The molecule has 2 rings (SSSR count). The molecule has 8 nitrogen and oxygen atoms in total. The second-order valence-electron chi connectivity index (χ2n) is 9.58.